The van der Waals surface area contributed by atoms with Crippen molar-refractivity contribution in [1.29, 1.82) is 0 Å². The Bertz CT molecular complexity index is 1220. The van der Waals surface area contributed by atoms with E-state index >= 15 is 0 Å². The summed E-state index contributed by atoms with van der Waals surface area (Å²) in [6.07, 6.45) is 8.77. The summed E-state index contributed by atoms with van der Waals surface area (Å²) >= 11 is 0. The summed E-state index contributed by atoms with van der Waals surface area (Å²) in [6.45, 7) is 4.29. The molecule has 0 unspecified atom stereocenters. The van der Waals surface area contributed by atoms with Gasteiger partial charge in [-0.05, 0) is 90.0 Å². The van der Waals surface area contributed by atoms with E-state index in [1.54, 1.807) is 6.07 Å². The first kappa shape index (κ1) is 24.7. The van der Waals surface area contributed by atoms with E-state index < -0.39 is 0 Å². The molecular weight excluding hydrogens is 427 g/mol. The molecule has 4 aromatic carbocycles. The number of allylic oxidation sites excluding steroid dienone is 2. The van der Waals surface area contributed by atoms with Crippen LogP contribution in [-0.4, -0.2) is 0 Å². The first-order chi connectivity index (χ1) is 17.1. The van der Waals surface area contributed by atoms with Crippen molar-refractivity contribution in [2.75, 3.05) is 0 Å². The summed E-state index contributed by atoms with van der Waals surface area (Å²) in [5, 5.41) is 0. The summed E-state index contributed by atoms with van der Waals surface area (Å²) in [5.41, 5.74) is 8.22. The maximum atomic E-state index is 14.5. The van der Waals surface area contributed by atoms with Crippen molar-refractivity contribution in [3.8, 4) is 11.1 Å². The van der Waals surface area contributed by atoms with Crippen LogP contribution in [0, 0.1) is 5.82 Å². The van der Waals surface area contributed by atoms with E-state index in [0.717, 1.165) is 48.8 Å². The van der Waals surface area contributed by atoms with E-state index in [1.807, 2.05) is 25.1 Å². The third kappa shape index (κ3) is 7.02. The molecule has 0 fully saturated rings. The van der Waals surface area contributed by atoms with Gasteiger partial charge in [-0.15, -0.1) is 0 Å². The van der Waals surface area contributed by atoms with E-state index in [-0.39, 0.29) is 5.82 Å². The summed E-state index contributed by atoms with van der Waals surface area (Å²) in [6, 6.07) is 34.0. The third-order valence-corrected chi connectivity index (χ3v) is 6.79. The summed E-state index contributed by atoms with van der Waals surface area (Å²) in [4.78, 5) is 0. The Kier molecular flexibility index (Phi) is 8.68. The highest BCUT2D eigenvalue weighted by atomic mass is 19.1. The van der Waals surface area contributed by atoms with E-state index in [4.69, 9.17) is 0 Å². The number of benzene rings is 4. The van der Waals surface area contributed by atoms with Crippen LogP contribution in [0.15, 0.2) is 109 Å². The molecule has 35 heavy (non-hydrogen) atoms. The zero-order valence-electron chi connectivity index (χ0n) is 20.9. The molecule has 0 heterocycles. The standard InChI is InChI=1S/C34H35F/c1-3-4-6-11-32-22-23-33(25-34(32)35)31-20-18-28(19-21-31)13-12-27-14-16-29(17-15-27)24-26(2)30-9-7-5-8-10-30/h3-5,7-10,14-23,25-26H,6,11-13,24H2,1-2H3/t26-/m1/s1. The largest absolute Gasteiger partial charge is 0.207 e. The summed E-state index contributed by atoms with van der Waals surface area (Å²) in [7, 11) is 0. The van der Waals surface area contributed by atoms with Gasteiger partial charge >= 0.3 is 0 Å². The predicted molar refractivity (Wildman–Crippen MR) is 147 cm³/mol. The number of aryl methyl sites for hydroxylation is 3. The second-order valence-electron chi connectivity index (χ2n) is 9.44. The van der Waals surface area contributed by atoms with E-state index in [1.165, 1.54) is 22.3 Å². The smallest absolute Gasteiger partial charge is 0.127 e. The van der Waals surface area contributed by atoms with Gasteiger partial charge in [0.1, 0.15) is 5.82 Å². The SMILES string of the molecule is CC=CCCc1ccc(-c2ccc(CCc3ccc(C[C@@H](C)c4ccccc4)cc3)cc2)cc1F. The van der Waals surface area contributed by atoms with Crippen LogP contribution in [0.25, 0.3) is 11.1 Å². The Labute approximate surface area is 210 Å². The van der Waals surface area contributed by atoms with E-state index in [9.17, 15) is 4.39 Å². The van der Waals surface area contributed by atoms with Crippen molar-refractivity contribution < 1.29 is 4.39 Å². The predicted octanol–water partition coefficient (Wildman–Crippen LogP) is 9.13. The molecule has 0 nitrogen and oxygen atoms in total. The maximum Gasteiger partial charge on any atom is 0.127 e. The Morgan fingerprint density at radius 2 is 1.29 bits per heavy atom. The molecule has 0 bridgehead atoms. The average Bonchev–Trinajstić information content (AvgIpc) is 2.90. The number of rotatable bonds is 10. The van der Waals surface area contributed by atoms with Gasteiger partial charge in [0.05, 0.1) is 0 Å². The van der Waals surface area contributed by atoms with Gasteiger partial charge in [0.25, 0.3) is 0 Å². The van der Waals surface area contributed by atoms with Crippen LogP contribution in [0.2, 0.25) is 0 Å². The second-order valence-corrected chi connectivity index (χ2v) is 9.44. The van der Waals surface area contributed by atoms with Gasteiger partial charge in [-0.3, -0.25) is 0 Å². The minimum Gasteiger partial charge on any atom is -0.207 e. The lowest BCUT2D eigenvalue weighted by Crippen LogP contribution is -1.99. The topological polar surface area (TPSA) is 0 Å². The lowest BCUT2D eigenvalue weighted by atomic mass is 9.93. The monoisotopic (exact) mass is 462 g/mol. The second kappa shape index (κ2) is 12.3. The van der Waals surface area contributed by atoms with Crippen LogP contribution in [-0.2, 0) is 25.7 Å². The fourth-order valence-corrected chi connectivity index (χ4v) is 4.58. The van der Waals surface area contributed by atoms with E-state index in [2.05, 4.69) is 91.9 Å². The third-order valence-electron chi connectivity index (χ3n) is 6.79. The number of hydrogen-bond donors (Lipinski definition) is 0. The van der Waals surface area contributed by atoms with Crippen LogP contribution < -0.4 is 0 Å². The minimum atomic E-state index is -0.113. The molecule has 1 heteroatoms. The van der Waals surface area contributed by atoms with Crippen molar-refractivity contribution in [3.05, 3.63) is 143 Å². The van der Waals surface area contributed by atoms with Crippen LogP contribution in [0.5, 0.6) is 0 Å². The molecule has 4 rings (SSSR count). The average molecular weight is 463 g/mol. The molecule has 0 aliphatic rings. The molecule has 0 aliphatic heterocycles. The Balaban J connectivity index is 1.31. The molecule has 0 saturated heterocycles. The fraction of sp³-hybridized carbons (Fsp3) is 0.235. The highest BCUT2D eigenvalue weighted by Crippen LogP contribution is 2.24. The molecule has 0 aromatic heterocycles. The normalized spacial score (nSPS) is 12.2. The van der Waals surface area contributed by atoms with Crippen molar-refractivity contribution in [2.45, 2.75) is 51.9 Å². The van der Waals surface area contributed by atoms with Gasteiger partial charge in [-0.2, -0.15) is 0 Å². The Morgan fingerprint density at radius 3 is 1.91 bits per heavy atom. The molecular formula is C34H35F. The van der Waals surface area contributed by atoms with Gasteiger partial charge in [0.2, 0.25) is 0 Å². The van der Waals surface area contributed by atoms with Crippen molar-refractivity contribution in [3.63, 3.8) is 0 Å². The van der Waals surface area contributed by atoms with E-state index in [0.29, 0.717) is 5.92 Å². The molecule has 0 amide bonds. The van der Waals surface area contributed by atoms with Gasteiger partial charge < -0.3 is 0 Å². The van der Waals surface area contributed by atoms with Crippen molar-refractivity contribution >= 4 is 0 Å². The first-order valence-corrected chi connectivity index (χ1v) is 12.7. The highest BCUT2D eigenvalue weighted by molar-refractivity contribution is 5.64. The van der Waals surface area contributed by atoms with Crippen LogP contribution in [0.1, 0.15) is 54.0 Å². The van der Waals surface area contributed by atoms with Gasteiger partial charge in [0.15, 0.2) is 0 Å². The zero-order chi connectivity index (χ0) is 24.5. The number of halogens is 1. The van der Waals surface area contributed by atoms with Gasteiger partial charge in [-0.25, -0.2) is 4.39 Å². The zero-order valence-corrected chi connectivity index (χ0v) is 20.9. The quantitative estimate of drug-likeness (QED) is 0.206. The summed E-state index contributed by atoms with van der Waals surface area (Å²) < 4.78 is 14.5. The minimum absolute atomic E-state index is 0.113. The Hall–Kier alpha value is -3.45. The molecule has 0 spiro atoms. The lowest BCUT2D eigenvalue weighted by Gasteiger charge is -2.12. The van der Waals surface area contributed by atoms with Gasteiger partial charge in [-0.1, -0.05) is 110 Å². The molecule has 4 aromatic rings. The molecule has 178 valence electrons. The highest BCUT2D eigenvalue weighted by Gasteiger charge is 2.07. The van der Waals surface area contributed by atoms with Crippen LogP contribution in [0.4, 0.5) is 4.39 Å². The molecule has 1 atom stereocenters. The maximum absolute atomic E-state index is 14.5. The molecule has 0 N–H and O–H groups in total. The molecule has 0 radical (unpaired) electrons. The van der Waals surface area contributed by atoms with Crippen molar-refractivity contribution in [1.82, 2.24) is 0 Å². The number of hydrogen-bond acceptors (Lipinski definition) is 0. The lowest BCUT2D eigenvalue weighted by molar-refractivity contribution is 0.610. The Morgan fingerprint density at radius 1 is 0.686 bits per heavy atom. The summed E-state index contributed by atoms with van der Waals surface area (Å²) in [5.74, 6) is 0.404. The molecule has 0 aliphatic carbocycles. The van der Waals surface area contributed by atoms with Crippen LogP contribution in [0.3, 0.4) is 0 Å². The van der Waals surface area contributed by atoms with Crippen LogP contribution >= 0.6 is 0 Å². The molecule has 0 saturated carbocycles. The first-order valence-electron chi connectivity index (χ1n) is 12.7. The van der Waals surface area contributed by atoms with Crippen molar-refractivity contribution in [2.24, 2.45) is 0 Å². The fourth-order valence-electron chi connectivity index (χ4n) is 4.58. The van der Waals surface area contributed by atoms with Gasteiger partial charge in [0, 0.05) is 0 Å².